The van der Waals surface area contributed by atoms with Gasteiger partial charge in [0, 0.05) is 27.8 Å². The number of hydrogen-bond acceptors (Lipinski definition) is 4. The summed E-state index contributed by atoms with van der Waals surface area (Å²) in [5, 5.41) is 4.06. The fraction of sp³-hybridized carbons (Fsp3) is 0.316. The van der Waals surface area contributed by atoms with E-state index >= 15 is 0 Å². The normalized spacial score (nSPS) is 14.2. The Labute approximate surface area is 162 Å². The lowest BCUT2D eigenvalue weighted by Crippen LogP contribution is -2.32. The van der Waals surface area contributed by atoms with Crippen LogP contribution in [0.1, 0.15) is 18.5 Å². The minimum atomic E-state index is -0.124. The predicted octanol–water partition coefficient (Wildman–Crippen LogP) is 4.40. The highest BCUT2D eigenvalue weighted by Gasteiger charge is 2.18. The predicted molar refractivity (Wildman–Crippen MR) is 104 cm³/mol. The summed E-state index contributed by atoms with van der Waals surface area (Å²) in [5.41, 5.74) is 1.59. The molecule has 0 aliphatic carbocycles. The Morgan fingerprint density at radius 2 is 1.88 bits per heavy atom. The summed E-state index contributed by atoms with van der Waals surface area (Å²) in [4.78, 5) is 14.3. The number of carbonyl (C=O) groups is 1. The van der Waals surface area contributed by atoms with Crippen LogP contribution >= 0.6 is 23.2 Å². The highest BCUT2D eigenvalue weighted by Crippen LogP contribution is 2.33. The Hall–Kier alpha value is -1.95. The average molecular weight is 395 g/mol. The molecule has 1 aliphatic rings. The van der Waals surface area contributed by atoms with Crippen molar-refractivity contribution in [2.24, 2.45) is 0 Å². The van der Waals surface area contributed by atoms with Gasteiger partial charge in [0.2, 0.25) is 5.91 Å². The molecule has 2 aromatic rings. The smallest absolute Gasteiger partial charge is 0.238 e. The van der Waals surface area contributed by atoms with Crippen molar-refractivity contribution >= 4 is 34.8 Å². The minimum absolute atomic E-state index is 0.0363. The molecule has 0 aromatic heterocycles. The number of rotatable bonds is 5. The maximum atomic E-state index is 12.4. The van der Waals surface area contributed by atoms with Gasteiger partial charge in [-0.15, -0.1) is 0 Å². The molecule has 1 heterocycles. The second-order valence-electron chi connectivity index (χ2n) is 6.16. The Bertz CT molecular complexity index is 813. The molecule has 0 fully saturated rings. The number of amides is 1. The van der Waals surface area contributed by atoms with E-state index in [2.05, 4.69) is 5.32 Å². The van der Waals surface area contributed by atoms with Gasteiger partial charge in [-0.1, -0.05) is 29.3 Å². The van der Waals surface area contributed by atoms with Gasteiger partial charge in [0.05, 0.1) is 6.54 Å². The summed E-state index contributed by atoms with van der Waals surface area (Å²) in [5.74, 6) is 1.21. The van der Waals surface area contributed by atoms with Gasteiger partial charge in [0.15, 0.2) is 11.5 Å². The average Bonchev–Trinajstić information content (AvgIpc) is 2.61. The van der Waals surface area contributed by atoms with Gasteiger partial charge in [-0.05, 0) is 43.8 Å². The van der Waals surface area contributed by atoms with Crippen molar-refractivity contribution in [2.45, 2.75) is 13.0 Å². The Kier molecular flexibility index (Phi) is 5.91. The van der Waals surface area contributed by atoms with Gasteiger partial charge in [0.25, 0.3) is 0 Å². The molecule has 3 rings (SSSR count). The van der Waals surface area contributed by atoms with Crippen LogP contribution in [0.4, 0.5) is 5.69 Å². The van der Waals surface area contributed by atoms with Gasteiger partial charge in [-0.25, -0.2) is 0 Å². The maximum absolute atomic E-state index is 12.4. The van der Waals surface area contributed by atoms with Crippen molar-refractivity contribution in [3.8, 4) is 11.5 Å². The molecular formula is C19H20Cl2N2O3. The number of hydrogen-bond donors (Lipinski definition) is 1. The van der Waals surface area contributed by atoms with Crippen LogP contribution in [-0.4, -0.2) is 37.6 Å². The third-order valence-electron chi connectivity index (χ3n) is 4.29. The highest BCUT2D eigenvalue weighted by atomic mass is 35.5. The lowest BCUT2D eigenvalue weighted by molar-refractivity contribution is -0.117. The molecule has 2 aromatic carbocycles. The van der Waals surface area contributed by atoms with Gasteiger partial charge in [-0.2, -0.15) is 0 Å². The van der Waals surface area contributed by atoms with Crippen LogP contribution in [0.15, 0.2) is 36.4 Å². The standard InChI is InChI=1S/C19H20Cl2N2O3/c1-12(15-5-3-13(20)9-16(15)21)23(2)11-19(24)22-14-4-6-17-18(10-14)26-8-7-25-17/h3-6,9-10,12H,7-8,11H2,1-2H3,(H,22,24). The topological polar surface area (TPSA) is 50.8 Å². The summed E-state index contributed by atoms with van der Waals surface area (Å²) >= 11 is 12.2. The summed E-state index contributed by atoms with van der Waals surface area (Å²) in [6.07, 6.45) is 0. The number of carbonyl (C=O) groups excluding carboxylic acids is 1. The highest BCUT2D eigenvalue weighted by molar-refractivity contribution is 6.35. The van der Waals surface area contributed by atoms with Crippen LogP contribution in [0, 0.1) is 0 Å². The van der Waals surface area contributed by atoms with Crippen LogP contribution < -0.4 is 14.8 Å². The number of nitrogens with zero attached hydrogens (tertiary/aromatic N) is 1. The first-order valence-electron chi connectivity index (χ1n) is 8.28. The number of halogens is 2. The molecule has 26 heavy (non-hydrogen) atoms. The largest absolute Gasteiger partial charge is 0.486 e. The lowest BCUT2D eigenvalue weighted by atomic mass is 10.1. The minimum Gasteiger partial charge on any atom is -0.486 e. The Morgan fingerprint density at radius 1 is 1.15 bits per heavy atom. The van der Waals surface area contributed by atoms with Gasteiger partial charge in [0.1, 0.15) is 13.2 Å². The Morgan fingerprint density at radius 3 is 2.62 bits per heavy atom. The lowest BCUT2D eigenvalue weighted by Gasteiger charge is -2.25. The number of nitrogens with one attached hydrogen (secondary N) is 1. The number of fused-ring (bicyclic) bond motifs is 1. The molecule has 1 aliphatic heterocycles. The first-order chi connectivity index (χ1) is 12.4. The SMILES string of the molecule is CC(c1ccc(Cl)cc1Cl)N(C)CC(=O)Nc1ccc2c(c1)OCCO2. The van der Waals surface area contributed by atoms with Crippen molar-refractivity contribution in [3.63, 3.8) is 0 Å². The number of benzene rings is 2. The molecule has 1 N–H and O–H groups in total. The van der Waals surface area contributed by atoms with E-state index in [1.54, 1.807) is 30.3 Å². The van der Waals surface area contributed by atoms with Crippen LogP contribution in [0.2, 0.25) is 10.0 Å². The second kappa shape index (κ2) is 8.16. The molecule has 0 radical (unpaired) electrons. The van der Waals surface area contributed by atoms with Crippen molar-refractivity contribution in [3.05, 3.63) is 52.0 Å². The Balaban J connectivity index is 1.62. The molecule has 1 amide bonds. The molecular weight excluding hydrogens is 375 g/mol. The van der Waals surface area contributed by atoms with Crippen molar-refractivity contribution < 1.29 is 14.3 Å². The van der Waals surface area contributed by atoms with Crippen molar-refractivity contribution in [1.29, 1.82) is 0 Å². The van der Waals surface area contributed by atoms with E-state index in [-0.39, 0.29) is 18.5 Å². The third kappa shape index (κ3) is 4.41. The van der Waals surface area contributed by atoms with E-state index in [9.17, 15) is 4.79 Å². The molecule has 0 spiro atoms. The van der Waals surface area contributed by atoms with Crippen LogP contribution in [0.3, 0.4) is 0 Å². The van der Waals surface area contributed by atoms with Crippen LogP contribution in [-0.2, 0) is 4.79 Å². The molecule has 0 saturated carbocycles. The molecule has 1 unspecified atom stereocenters. The second-order valence-corrected chi connectivity index (χ2v) is 7.01. The maximum Gasteiger partial charge on any atom is 0.238 e. The molecule has 5 nitrogen and oxygen atoms in total. The van der Waals surface area contributed by atoms with E-state index in [1.807, 2.05) is 24.9 Å². The van der Waals surface area contributed by atoms with Crippen molar-refractivity contribution in [1.82, 2.24) is 4.90 Å². The zero-order valence-electron chi connectivity index (χ0n) is 14.6. The van der Waals surface area contributed by atoms with E-state index in [0.717, 1.165) is 5.56 Å². The van der Waals surface area contributed by atoms with Gasteiger partial charge >= 0.3 is 0 Å². The fourth-order valence-electron chi connectivity index (χ4n) is 2.76. The molecule has 1 atom stereocenters. The van der Waals surface area contributed by atoms with E-state index in [0.29, 0.717) is 40.4 Å². The van der Waals surface area contributed by atoms with Gasteiger partial charge < -0.3 is 14.8 Å². The number of likely N-dealkylation sites (N-methyl/N-ethyl adjacent to an activating group) is 1. The monoisotopic (exact) mass is 394 g/mol. The number of anilines is 1. The quantitative estimate of drug-likeness (QED) is 0.816. The third-order valence-corrected chi connectivity index (χ3v) is 4.86. The van der Waals surface area contributed by atoms with E-state index in [1.165, 1.54) is 0 Å². The zero-order chi connectivity index (χ0) is 18.7. The van der Waals surface area contributed by atoms with Gasteiger partial charge in [-0.3, -0.25) is 9.69 Å². The number of ether oxygens (including phenoxy) is 2. The summed E-state index contributed by atoms with van der Waals surface area (Å²) in [7, 11) is 1.87. The summed E-state index contributed by atoms with van der Waals surface area (Å²) < 4.78 is 11.0. The van der Waals surface area contributed by atoms with Crippen LogP contribution in [0.25, 0.3) is 0 Å². The molecule has 0 saturated heterocycles. The van der Waals surface area contributed by atoms with E-state index < -0.39 is 0 Å². The van der Waals surface area contributed by atoms with Crippen LogP contribution in [0.5, 0.6) is 11.5 Å². The molecule has 7 heteroatoms. The van der Waals surface area contributed by atoms with E-state index in [4.69, 9.17) is 32.7 Å². The summed E-state index contributed by atoms with van der Waals surface area (Å²) in [6.45, 7) is 3.25. The van der Waals surface area contributed by atoms with Crippen molar-refractivity contribution in [2.75, 3.05) is 32.1 Å². The molecule has 0 bridgehead atoms. The summed E-state index contributed by atoms with van der Waals surface area (Å²) in [6, 6.07) is 10.7. The fourth-order valence-corrected chi connectivity index (χ4v) is 3.33. The molecule has 138 valence electrons. The first kappa shape index (κ1) is 18.8. The first-order valence-corrected chi connectivity index (χ1v) is 9.04. The zero-order valence-corrected chi connectivity index (χ0v) is 16.1.